The van der Waals surface area contributed by atoms with Crippen LogP contribution in [0.5, 0.6) is 0 Å². The average molecular weight is 245 g/mol. The van der Waals surface area contributed by atoms with Gasteiger partial charge in [0.1, 0.15) is 0 Å². The molecule has 5 heteroatoms. The Bertz CT molecular complexity index is 614. The van der Waals surface area contributed by atoms with Gasteiger partial charge in [0, 0.05) is 12.4 Å². The van der Waals surface area contributed by atoms with E-state index < -0.39 is 5.97 Å². The second-order valence-electron chi connectivity index (χ2n) is 4.58. The van der Waals surface area contributed by atoms with Crippen LogP contribution in [-0.2, 0) is 4.74 Å². The van der Waals surface area contributed by atoms with Crippen molar-refractivity contribution in [3.05, 3.63) is 29.7 Å². The first-order valence-corrected chi connectivity index (χ1v) is 6.14. The van der Waals surface area contributed by atoms with Crippen LogP contribution < -0.4 is 5.73 Å². The summed E-state index contributed by atoms with van der Waals surface area (Å²) in [5, 5.41) is 0. The van der Waals surface area contributed by atoms with Crippen LogP contribution in [-0.4, -0.2) is 22.0 Å². The summed E-state index contributed by atoms with van der Waals surface area (Å²) in [5.41, 5.74) is 8.71. The molecule has 3 rings (SSSR count). The van der Waals surface area contributed by atoms with Crippen molar-refractivity contribution in [2.75, 3.05) is 12.3 Å². The first kappa shape index (κ1) is 11.1. The van der Waals surface area contributed by atoms with Gasteiger partial charge in [0.25, 0.3) is 0 Å². The Morgan fingerprint density at radius 2 is 2.33 bits per heavy atom. The van der Waals surface area contributed by atoms with E-state index in [4.69, 9.17) is 10.5 Å². The molecule has 94 valence electrons. The Hall–Kier alpha value is -2.04. The normalized spacial score (nSPS) is 14.9. The lowest BCUT2D eigenvalue weighted by Gasteiger charge is -2.02. The second-order valence-corrected chi connectivity index (χ2v) is 4.58. The van der Waals surface area contributed by atoms with Gasteiger partial charge in [-0.2, -0.15) is 0 Å². The molecule has 2 aromatic rings. The highest BCUT2D eigenvalue weighted by Crippen LogP contribution is 2.40. The smallest absolute Gasteiger partial charge is 0.358 e. The highest BCUT2D eigenvalue weighted by Gasteiger charge is 2.25. The summed E-state index contributed by atoms with van der Waals surface area (Å²) in [5.74, 6) is 0.207. The molecule has 1 aliphatic carbocycles. The molecule has 0 amide bonds. The first-order valence-electron chi connectivity index (χ1n) is 6.14. The zero-order valence-corrected chi connectivity index (χ0v) is 10.2. The van der Waals surface area contributed by atoms with Crippen LogP contribution in [0.1, 0.15) is 41.7 Å². The van der Waals surface area contributed by atoms with Crippen molar-refractivity contribution in [1.82, 2.24) is 9.38 Å². The molecule has 1 saturated carbocycles. The molecule has 0 aliphatic heterocycles. The quantitative estimate of drug-likeness (QED) is 0.839. The fourth-order valence-corrected chi connectivity index (χ4v) is 2.09. The van der Waals surface area contributed by atoms with Crippen LogP contribution in [0.4, 0.5) is 5.69 Å². The maximum absolute atomic E-state index is 11.6. The maximum atomic E-state index is 11.6. The minimum absolute atomic E-state index is 0.302. The van der Waals surface area contributed by atoms with Gasteiger partial charge < -0.3 is 14.9 Å². The van der Waals surface area contributed by atoms with Crippen molar-refractivity contribution in [2.24, 2.45) is 0 Å². The number of carbonyl (C=O) groups is 1. The third-order valence-corrected chi connectivity index (χ3v) is 3.13. The molecule has 0 unspecified atom stereocenters. The zero-order chi connectivity index (χ0) is 12.7. The van der Waals surface area contributed by atoms with Crippen LogP contribution in [0.2, 0.25) is 0 Å². The Balaban J connectivity index is 2.05. The highest BCUT2D eigenvalue weighted by molar-refractivity contribution is 5.88. The van der Waals surface area contributed by atoms with Gasteiger partial charge in [0.2, 0.25) is 0 Å². The van der Waals surface area contributed by atoms with Gasteiger partial charge >= 0.3 is 5.97 Å². The number of anilines is 1. The molecule has 1 fully saturated rings. The van der Waals surface area contributed by atoms with Crippen molar-refractivity contribution >= 4 is 17.3 Å². The third kappa shape index (κ3) is 1.81. The van der Waals surface area contributed by atoms with Crippen molar-refractivity contribution in [2.45, 2.75) is 25.7 Å². The Morgan fingerprint density at radius 1 is 1.56 bits per heavy atom. The summed E-state index contributed by atoms with van der Waals surface area (Å²) in [4.78, 5) is 15.8. The van der Waals surface area contributed by atoms with Gasteiger partial charge in [-0.3, -0.25) is 0 Å². The summed E-state index contributed by atoms with van der Waals surface area (Å²) in [6.45, 7) is 2.11. The predicted molar refractivity (Wildman–Crippen MR) is 67.5 cm³/mol. The van der Waals surface area contributed by atoms with E-state index in [1.807, 2.05) is 16.7 Å². The van der Waals surface area contributed by atoms with Gasteiger partial charge in [-0.15, -0.1) is 0 Å². The number of pyridine rings is 1. The number of rotatable bonds is 3. The van der Waals surface area contributed by atoms with Crippen LogP contribution in [0, 0.1) is 0 Å². The van der Waals surface area contributed by atoms with Crippen LogP contribution in [0.25, 0.3) is 5.65 Å². The summed E-state index contributed by atoms with van der Waals surface area (Å²) < 4.78 is 6.75. The maximum Gasteiger partial charge on any atom is 0.358 e. The number of nitrogens with two attached hydrogens (primary N) is 1. The molecule has 1 aliphatic rings. The number of imidazole rings is 1. The molecule has 5 nitrogen and oxygen atoms in total. The van der Waals surface area contributed by atoms with E-state index >= 15 is 0 Å². The van der Waals surface area contributed by atoms with Crippen molar-refractivity contribution in [3.63, 3.8) is 0 Å². The summed E-state index contributed by atoms with van der Waals surface area (Å²) >= 11 is 0. The number of hydrogen-bond acceptors (Lipinski definition) is 4. The Labute approximate surface area is 105 Å². The second kappa shape index (κ2) is 4.01. The van der Waals surface area contributed by atoms with E-state index in [1.165, 1.54) is 18.4 Å². The van der Waals surface area contributed by atoms with Crippen LogP contribution >= 0.6 is 0 Å². The van der Waals surface area contributed by atoms with Gasteiger partial charge in [-0.05, 0) is 37.3 Å². The topological polar surface area (TPSA) is 69.6 Å². The van der Waals surface area contributed by atoms with Gasteiger partial charge in [-0.25, -0.2) is 9.78 Å². The summed E-state index contributed by atoms with van der Waals surface area (Å²) in [6.07, 6.45) is 6.10. The van der Waals surface area contributed by atoms with E-state index in [2.05, 4.69) is 4.98 Å². The molecule has 0 aromatic carbocycles. The minimum Gasteiger partial charge on any atom is -0.461 e. The molecule has 0 atom stereocenters. The van der Waals surface area contributed by atoms with E-state index in [0.717, 1.165) is 0 Å². The average Bonchev–Trinajstić information content (AvgIpc) is 3.09. The van der Waals surface area contributed by atoms with Gasteiger partial charge in [-0.1, -0.05) is 0 Å². The molecule has 0 saturated heterocycles. The fourth-order valence-electron chi connectivity index (χ4n) is 2.09. The fraction of sp³-hybridized carbons (Fsp3) is 0.385. The van der Waals surface area contributed by atoms with Crippen molar-refractivity contribution in [1.29, 1.82) is 0 Å². The van der Waals surface area contributed by atoms with E-state index in [0.29, 0.717) is 29.6 Å². The molecule has 2 N–H and O–H groups in total. The highest BCUT2D eigenvalue weighted by atomic mass is 16.5. The number of hydrogen-bond donors (Lipinski definition) is 1. The number of esters is 1. The lowest BCUT2D eigenvalue weighted by atomic mass is 10.2. The molecule has 18 heavy (non-hydrogen) atoms. The van der Waals surface area contributed by atoms with Crippen molar-refractivity contribution < 1.29 is 9.53 Å². The molecule has 0 bridgehead atoms. The molecule has 2 aromatic heterocycles. The first-order chi connectivity index (χ1) is 8.69. The van der Waals surface area contributed by atoms with Gasteiger partial charge in [0.15, 0.2) is 11.3 Å². The van der Waals surface area contributed by atoms with Crippen molar-refractivity contribution in [3.8, 4) is 0 Å². The lowest BCUT2D eigenvalue weighted by molar-refractivity contribution is 0.0520. The Kier molecular flexibility index (Phi) is 2.47. The number of ether oxygens (including phenoxy) is 1. The van der Waals surface area contributed by atoms with Crippen LogP contribution in [0.3, 0.4) is 0 Å². The minimum atomic E-state index is -0.409. The third-order valence-electron chi connectivity index (χ3n) is 3.13. The molecule has 0 radical (unpaired) electrons. The zero-order valence-electron chi connectivity index (χ0n) is 10.2. The molecule has 0 spiro atoms. The Morgan fingerprint density at radius 3 is 3.00 bits per heavy atom. The predicted octanol–water partition coefficient (Wildman–Crippen LogP) is 1.97. The molecular weight excluding hydrogens is 230 g/mol. The number of aromatic nitrogens is 2. The summed E-state index contributed by atoms with van der Waals surface area (Å²) in [7, 11) is 0. The van der Waals surface area contributed by atoms with Gasteiger partial charge in [0.05, 0.1) is 12.3 Å². The van der Waals surface area contributed by atoms with E-state index in [1.54, 1.807) is 13.1 Å². The number of nitrogens with zero attached hydrogens (tertiary/aromatic N) is 2. The molecular formula is C13H15N3O2. The number of nitrogen functional groups attached to an aromatic ring is 1. The number of fused-ring (bicyclic) bond motifs is 1. The molecule has 2 heterocycles. The standard InChI is InChI=1S/C13H15N3O2/c1-2-18-13(17)11-7-16-6-9(8-3-4-8)5-10(14)12(16)15-11/h5-8H,2-4,14H2,1H3. The monoisotopic (exact) mass is 245 g/mol. The summed E-state index contributed by atoms with van der Waals surface area (Å²) in [6, 6.07) is 1.95. The SMILES string of the molecule is CCOC(=O)c1cn2cc(C3CC3)cc(N)c2n1. The lowest BCUT2D eigenvalue weighted by Crippen LogP contribution is -2.04. The number of carbonyl (C=O) groups excluding carboxylic acids is 1. The van der Waals surface area contributed by atoms with Crippen LogP contribution in [0.15, 0.2) is 18.5 Å². The van der Waals surface area contributed by atoms with E-state index in [9.17, 15) is 4.79 Å². The largest absolute Gasteiger partial charge is 0.461 e. The van der Waals surface area contributed by atoms with E-state index in [-0.39, 0.29) is 0 Å².